The van der Waals surface area contributed by atoms with Gasteiger partial charge in [-0.2, -0.15) is 0 Å². The third-order valence-corrected chi connectivity index (χ3v) is 3.60. The van der Waals surface area contributed by atoms with Crippen LogP contribution in [0.1, 0.15) is 25.0 Å². The Balaban J connectivity index is 3.58. The number of sulfone groups is 1. The summed E-state index contributed by atoms with van der Waals surface area (Å²) in [5.74, 6) is -0.475. The van der Waals surface area contributed by atoms with E-state index in [1.165, 1.54) is 12.1 Å². The van der Waals surface area contributed by atoms with Crippen molar-refractivity contribution < 1.29 is 12.8 Å². The lowest BCUT2D eigenvalue weighted by Crippen LogP contribution is -2.30. The first kappa shape index (κ1) is 13.1. The lowest BCUT2D eigenvalue weighted by Gasteiger charge is -2.21. The third kappa shape index (κ3) is 2.59. The molecule has 0 aliphatic rings. The van der Waals surface area contributed by atoms with Crippen LogP contribution in [0.15, 0.2) is 17.0 Å². The maximum absolute atomic E-state index is 13.6. The number of hydrogen-bond acceptors (Lipinski definition) is 3. The molecule has 90 valence electrons. The van der Waals surface area contributed by atoms with Gasteiger partial charge in [-0.3, -0.25) is 0 Å². The minimum atomic E-state index is -3.36. The molecule has 1 aromatic carbocycles. The van der Waals surface area contributed by atoms with Crippen LogP contribution in [0.25, 0.3) is 0 Å². The minimum Gasteiger partial charge on any atom is -0.322 e. The maximum atomic E-state index is 13.6. The molecular formula is C11H16FNO2S. The van der Waals surface area contributed by atoms with Gasteiger partial charge < -0.3 is 5.73 Å². The van der Waals surface area contributed by atoms with Gasteiger partial charge in [-0.1, -0.05) is 0 Å². The first-order valence-electron chi connectivity index (χ1n) is 4.83. The second kappa shape index (κ2) is 3.82. The van der Waals surface area contributed by atoms with Gasteiger partial charge in [0, 0.05) is 17.4 Å². The quantitative estimate of drug-likeness (QED) is 0.807. The molecule has 0 saturated carbocycles. The molecular weight excluding hydrogens is 229 g/mol. The zero-order valence-electron chi connectivity index (χ0n) is 9.83. The summed E-state index contributed by atoms with van der Waals surface area (Å²) in [5.41, 5.74) is 5.48. The van der Waals surface area contributed by atoms with Gasteiger partial charge >= 0.3 is 0 Å². The van der Waals surface area contributed by atoms with E-state index in [0.717, 1.165) is 6.26 Å². The van der Waals surface area contributed by atoms with Crippen molar-refractivity contribution in [1.29, 1.82) is 0 Å². The summed E-state index contributed by atoms with van der Waals surface area (Å²) in [5, 5.41) is 0. The van der Waals surface area contributed by atoms with E-state index < -0.39 is 21.2 Å². The summed E-state index contributed by atoms with van der Waals surface area (Å²) in [6.45, 7) is 4.83. The zero-order chi connectivity index (χ0) is 12.7. The summed E-state index contributed by atoms with van der Waals surface area (Å²) in [6.07, 6.45) is 1.10. The lowest BCUT2D eigenvalue weighted by molar-refractivity contribution is 0.498. The molecule has 0 fully saturated rings. The molecule has 0 spiro atoms. The van der Waals surface area contributed by atoms with Crippen LogP contribution in [-0.2, 0) is 15.4 Å². The van der Waals surface area contributed by atoms with Crippen LogP contribution in [0.2, 0.25) is 0 Å². The van der Waals surface area contributed by atoms with E-state index in [9.17, 15) is 12.8 Å². The van der Waals surface area contributed by atoms with Gasteiger partial charge in [-0.15, -0.1) is 0 Å². The minimum absolute atomic E-state index is 0.127. The average molecular weight is 245 g/mol. The van der Waals surface area contributed by atoms with Gasteiger partial charge in [0.05, 0.1) is 4.90 Å². The predicted molar refractivity (Wildman–Crippen MR) is 61.5 cm³/mol. The van der Waals surface area contributed by atoms with Crippen LogP contribution in [-0.4, -0.2) is 14.7 Å². The van der Waals surface area contributed by atoms with Crippen molar-refractivity contribution in [3.63, 3.8) is 0 Å². The number of rotatable bonds is 2. The predicted octanol–water partition coefficient (Wildman–Crippen LogP) is 1.73. The Kier molecular flexibility index (Phi) is 3.13. The lowest BCUT2D eigenvalue weighted by atomic mass is 9.94. The second-order valence-electron chi connectivity index (χ2n) is 4.59. The highest BCUT2D eigenvalue weighted by molar-refractivity contribution is 7.90. The van der Waals surface area contributed by atoms with Crippen molar-refractivity contribution in [1.82, 2.24) is 0 Å². The number of hydrogen-bond donors (Lipinski definition) is 1. The van der Waals surface area contributed by atoms with Crippen LogP contribution in [0.5, 0.6) is 0 Å². The van der Waals surface area contributed by atoms with Gasteiger partial charge in [0.15, 0.2) is 9.84 Å². The number of aryl methyl sites for hydroxylation is 1. The monoisotopic (exact) mass is 245 g/mol. The average Bonchev–Trinajstić information content (AvgIpc) is 1.97. The first-order valence-corrected chi connectivity index (χ1v) is 6.72. The first-order chi connectivity index (χ1) is 7.03. The van der Waals surface area contributed by atoms with Crippen LogP contribution in [0.4, 0.5) is 4.39 Å². The van der Waals surface area contributed by atoms with Crippen molar-refractivity contribution in [2.24, 2.45) is 5.73 Å². The SMILES string of the molecule is Cc1cc(F)c(C(C)(C)N)cc1S(C)(=O)=O. The molecule has 0 atom stereocenters. The van der Waals surface area contributed by atoms with Crippen molar-refractivity contribution >= 4 is 9.84 Å². The molecule has 0 heterocycles. The van der Waals surface area contributed by atoms with E-state index in [4.69, 9.17) is 5.73 Å². The molecule has 5 heteroatoms. The fourth-order valence-corrected chi connectivity index (χ4v) is 2.52. The smallest absolute Gasteiger partial charge is 0.175 e. The molecule has 0 bridgehead atoms. The van der Waals surface area contributed by atoms with Gasteiger partial charge in [0.1, 0.15) is 5.82 Å². The normalized spacial score (nSPS) is 12.9. The zero-order valence-corrected chi connectivity index (χ0v) is 10.7. The molecule has 0 saturated heterocycles. The summed E-state index contributed by atoms with van der Waals surface area (Å²) in [7, 11) is -3.36. The maximum Gasteiger partial charge on any atom is 0.175 e. The van der Waals surface area contributed by atoms with Gasteiger partial charge in [0.25, 0.3) is 0 Å². The molecule has 1 rings (SSSR count). The van der Waals surface area contributed by atoms with Crippen molar-refractivity contribution in [3.05, 3.63) is 29.1 Å². The molecule has 0 radical (unpaired) electrons. The van der Waals surface area contributed by atoms with E-state index in [1.54, 1.807) is 20.8 Å². The highest BCUT2D eigenvalue weighted by Gasteiger charge is 2.23. The van der Waals surface area contributed by atoms with Crippen molar-refractivity contribution in [3.8, 4) is 0 Å². The highest BCUT2D eigenvalue weighted by atomic mass is 32.2. The van der Waals surface area contributed by atoms with Crippen LogP contribution < -0.4 is 5.73 Å². The van der Waals surface area contributed by atoms with Crippen molar-refractivity contribution in [2.75, 3.05) is 6.26 Å². The van der Waals surface area contributed by atoms with Crippen LogP contribution in [0, 0.1) is 12.7 Å². The Morgan fingerprint density at radius 3 is 2.19 bits per heavy atom. The van der Waals surface area contributed by atoms with E-state index in [0.29, 0.717) is 5.56 Å². The molecule has 0 amide bonds. The molecule has 0 aliphatic heterocycles. The van der Waals surface area contributed by atoms with E-state index in [-0.39, 0.29) is 10.5 Å². The van der Waals surface area contributed by atoms with Gasteiger partial charge in [-0.05, 0) is 38.5 Å². The molecule has 16 heavy (non-hydrogen) atoms. The summed E-state index contributed by atoms with van der Waals surface area (Å²) in [6, 6.07) is 2.53. The Bertz CT molecular complexity index is 516. The summed E-state index contributed by atoms with van der Waals surface area (Å²) >= 11 is 0. The summed E-state index contributed by atoms with van der Waals surface area (Å²) in [4.78, 5) is 0.127. The Morgan fingerprint density at radius 1 is 1.31 bits per heavy atom. The van der Waals surface area contributed by atoms with E-state index >= 15 is 0 Å². The largest absolute Gasteiger partial charge is 0.322 e. The van der Waals surface area contributed by atoms with Crippen LogP contribution >= 0.6 is 0 Å². The number of nitrogens with two attached hydrogens (primary N) is 1. The fourth-order valence-electron chi connectivity index (χ4n) is 1.55. The standard InChI is InChI=1S/C11H16FNO2S/c1-7-5-9(12)8(11(2,3)13)6-10(7)16(4,14)15/h5-6H,13H2,1-4H3. The Morgan fingerprint density at radius 2 is 1.81 bits per heavy atom. The third-order valence-electron chi connectivity index (χ3n) is 2.36. The molecule has 0 aromatic heterocycles. The van der Waals surface area contributed by atoms with E-state index in [2.05, 4.69) is 0 Å². The van der Waals surface area contributed by atoms with Gasteiger partial charge in [0.2, 0.25) is 0 Å². The topological polar surface area (TPSA) is 60.2 Å². The second-order valence-corrected chi connectivity index (χ2v) is 6.58. The fraction of sp³-hybridized carbons (Fsp3) is 0.455. The molecule has 3 nitrogen and oxygen atoms in total. The number of halogens is 1. The Labute approximate surface area is 95.4 Å². The highest BCUT2D eigenvalue weighted by Crippen LogP contribution is 2.26. The summed E-state index contributed by atoms with van der Waals surface area (Å²) < 4.78 is 36.6. The van der Waals surface area contributed by atoms with Crippen molar-refractivity contribution in [2.45, 2.75) is 31.2 Å². The number of benzene rings is 1. The van der Waals surface area contributed by atoms with E-state index in [1.807, 2.05) is 0 Å². The van der Waals surface area contributed by atoms with Gasteiger partial charge in [-0.25, -0.2) is 12.8 Å². The molecule has 0 aliphatic carbocycles. The van der Waals surface area contributed by atoms with Crippen LogP contribution in [0.3, 0.4) is 0 Å². The Hall–Kier alpha value is -0.940. The molecule has 0 unspecified atom stereocenters. The molecule has 1 aromatic rings. The molecule has 2 N–H and O–H groups in total.